The van der Waals surface area contributed by atoms with Gasteiger partial charge in [0.05, 0.1) is 13.2 Å². The molecule has 0 aromatic heterocycles. The summed E-state index contributed by atoms with van der Waals surface area (Å²) >= 11 is 0. The lowest BCUT2D eigenvalue weighted by molar-refractivity contribution is 0.203. The smallest absolute Gasteiger partial charge is 0.191 e. The standard InChI is InChI=1S/C15H23N3O2/c1-3-16-15(17-8-9-19-2)18-11-13-10-12-6-4-5-7-14(12)20-13/h4-7,13H,3,8-11H2,1-2H3,(H2,16,17,18). The number of para-hydroxylation sites is 1. The Morgan fingerprint density at radius 3 is 3.00 bits per heavy atom. The Morgan fingerprint density at radius 2 is 2.25 bits per heavy atom. The molecule has 1 heterocycles. The second-order valence-corrected chi connectivity index (χ2v) is 4.69. The molecule has 2 rings (SSSR count). The molecule has 0 saturated carbocycles. The molecular formula is C15H23N3O2. The molecule has 1 aliphatic heterocycles. The average Bonchev–Trinajstić information content (AvgIpc) is 2.87. The Hall–Kier alpha value is -1.75. The number of rotatable bonds is 6. The van der Waals surface area contributed by atoms with Crippen LogP contribution in [0.5, 0.6) is 5.75 Å². The van der Waals surface area contributed by atoms with Crippen LogP contribution in [-0.2, 0) is 11.2 Å². The molecule has 0 saturated heterocycles. The summed E-state index contributed by atoms with van der Waals surface area (Å²) in [5, 5.41) is 6.44. The third-order valence-electron chi connectivity index (χ3n) is 3.11. The molecule has 0 spiro atoms. The summed E-state index contributed by atoms with van der Waals surface area (Å²) in [6.07, 6.45) is 1.06. The molecule has 1 aromatic rings. The van der Waals surface area contributed by atoms with E-state index in [0.29, 0.717) is 13.2 Å². The molecule has 1 aliphatic rings. The van der Waals surface area contributed by atoms with Gasteiger partial charge in [-0.3, -0.25) is 0 Å². The van der Waals surface area contributed by atoms with Gasteiger partial charge >= 0.3 is 0 Å². The van der Waals surface area contributed by atoms with E-state index in [1.165, 1.54) is 5.56 Å². The van der Waals surface area contributed by atoms with Crippen molar-refractivity contribution in [1.29, 1.82) is 0 Å². The van der Waals surface area contributed by atoms with Crippen LogP contribution in [0.15, 0.2) is 29.3 Å². The molecule has 20 heavy (non-hydrogen) atoms. The van der Waals surface area contributed by atoms with Crippen molar-refractivity contribution >= 4 is 5.96 Å². The van der Waals surface area contributed by atoms with Crippen LogP contribution >= 0.6 is 0 Å². The van der Waals surface area contributed by atoms with Gasteiger partial charge in [0, 0.05) is 26.6 Å². The van der Waals surface area contributed by atoms with E-state index in [4.69, 9.17) is 9.47 Å². The minimum Gasteiger partial charge on any atom is -0.488 e. The van der Waals surface area contributed by atoms with Crippen LogP contribution in [0.2, 0.25) is 0 Å². The summed E-state index contributed by atoms with van der Waals surface area (Å²) in [6.45, 7) is 4.95. The maximum atomic E-state index is 5.87. The maximum Gasteiger partial charge on any atom is 0.191 e. The number of ether oxygens (including phenoxy) is 2. The lowest BCUT2D eigenvalue weighted by Gasteiger charge is -2.12. The van der Waals surface area contributed by atoms with E-state index in [0.717, 1.165) is 31.2 Å². The number of nitrogens with one attached hydrogen (secondary N) is 2. The van der Waals surface area contributed by atoms with E-state index < -0.39 is 0 Å². The first kappa shape index (κ1) is 14.7. The summed E-state index contributed by atoms with van der Waals surface area (Å²) in [5.74, 6) is 1.80. The normalized spacial score (nSPS) is 17.5. The second-order valence-electron chi connectivity index (χ2n) is 4.69. The number of nitrogens with zero attached hydrogens (tertiary/aromatic N) is 1. The number of hydrogen-bond acceptors (Lipinski definition) is 3. The zero-order valence-corrected chi connectivity index (χ0v) is 12.2. The zero-order valence-electron chi connectivity index (χ0n) is 12.2. The monoisotopic (exact) mass is 277 g/mol. The molecular weight excluding hydrogens is 254 g/mol. The van der Waals surface area contributed by atoms with Crippen molar-refractivity contribution in [3.63, 3.8) is 0 Å². The molecule has 5 heteroatoms. The molecule has 1 atom stereocenters. The fraction of sp³-hybridized carbons (Fsp3) is 0.533. The van der Waals surface area contributed by atoms with Crippen LogP contribution in [-0.4, -0.2) is 45.4 Å². The lowest BCUT2D eigenvalue weighted by Crippen LogP contribution is -2.39. The van der Waals surface area contributed by atoms with E-state index in [-0.39, 0.29) is 6.10 Å². The average molecular weight is 277 g/mol. The number of benzene rings is 1. The van der Waals surface area contributed by atoms with Gasteiger partial charge in [0.1, 0.15) is 11.9 Å². The van der Waals surface area contributed by atoms with E-state index in [2.05, 4.69) is 28.6 Å². The van der Waals surface area contributed by atoms with Crippen LogP contribution in [0.4, 0.5) is 0 Å². The molecule has 1 unspecified atom stereocenters. The van der Waals surface area contributed by atoms with Crippen molar-refractivity contribution in [2.45, 2.75) is 19.4 Å². The molecule has 110 valence electrons. The number of hydrogen-bond donors (Lipinski definition) is 2. The number of guanidine groups is 1. The third-order valence-corrected chi connectivity index (χ3v) is 3.11. The van der Waals surface area contributed by atoms with E-state index in [1.54, 1.807) is 7.11 Å². The van der Waals surface area contributed by atoms with Gasteiger partial charge < -0.3 is 20.1 Å². The minimum absolute atomic E-state index is 0.130. The van der Waals surface area contributed by atoms with E-state index in [9.17, 15) is 0 Å². The van der Waals surface area contributed by atoms with E-state index in [1.807, 2.05) is 18.2 Å². The lowest BCUT2D eigenvalue weighted by atomic mass is 10.1. The molecule has 0 bridgehead atoms. The van der Waals surface area contributed by atoms with Crippen molar-refractivity contribution < 1.29 is 9.47 Å². The van der Waals surface area contributed by atoms with Crippen molar-refractivity contribution in [1.82, 2.24) is 10.6 Å². The van der Waals surface area contributed by atoms with Crippen LogP contribution in [0, 0.1) is 0 Å². The summed E-state index contributed by atoms with van der Waals surface area (Å²) in [6, 6.07) is 8.17. The quantitative estimate of drug-likeness (QED) is 0.466. The number of fused-ring (bicyclic) bond motifs is 1. The van der Waals surface area contributed by atoms with Crippen LogP contribution in [0.25, 0.3) is 0 Å². The number of methoxy groups -OCH3 is 1. The van der Waals surface area contributed by atoms with Gasteiger partial charge in [0.25, 0.3) is 0 Å². The molecule has 0 aliphatic carbocycles. The van der Waals surface area contributed by atoms with Crippen molar-refractivity contribution in [3.05, 3.63) is 29.8 Å². The molecule has 5 nitrogen and oxygen atoms in total. The maximum absolute atomic E-state index is 5.87. The SMILES string of the molecule is CCNC(=NCC1Cc2ccccc2O1)NCCOC. The molecule has 0 amide bonds. The van der Waals surface area contributed by atoms with Gasteiger partial charge in [-0.2, -0.15) is 0 Å². The van der Waals surface area contributed by atoms with Gasteiger partial charge in [-0.05, 0) is 18.6 Å². The predicted molar refractivity (Wildman–Crippen MR) is 80.4 cm³/mol. The van der Waals surface area contributed by atoms with Gasteiger partial charge in [-0.15, -0.1) is 0 Å². The Bertz CT molecular complexity index is 423. The highest BCUT2D eigenvalue weighted by atomic mass is 16.5. The largest absolute Gasteiger partial charge is 0.488 e. The molecule has 2 N–H and O–H groups in total. The first-order valence-corrected chi connectivity index (χ1v) is 7.09. The fourth-order valence-electron chi connectivity index (χ4n) is 2.16. The van der Waals surface area contributed by atoms with Crippen molar-refractivity contribution in [2.75, 3.05) is 33.4 Å². The van der Waals surface area contributed by atoms with Crippen molar-refractivity contribution in [3.8, 4) is 5.75 Å². The molecule has 1 aromatic carbocycles. The van der Waals surface area contributed by atoms with Gasteiger partial charge in [-0.1, -0.05) is 18.2 Å². The minimum atomic E-state index is 0.130. The predicted octanol–water partition coefficient (Wildman–Crippen LogP) is 1.19. The highest BCUT2D eigenvalue weighted by Crippen LogP contribution is 2.27. The Labute approximate surface area is 120 Å². The molecule has 0 radical (unpaired) electrons. The number of aliphatic imine (C=N–C) groups is 1. The van der Waals surface area contributed by atoms with Gasteiger partial charge in [0.2, 0.25) is 0 Å². The van der Waals surface area contributed by atoms with Crippen LogP contribution in [0.1, 0.15) is 12.5 Å². The van der Waals surface area contributed by atoms with Crippen LogP contribution in [0.3, 0.4) is 0 Å². The Kier molecular flexibility index (Phi) is 5.68. The fourth-order valence-corrected chi connectivity index (χ4v) is 2.16. The summed E-state index contributed by atoms with van der Waals surface area (Å²) in [5.41, 5.74) is 1.27. The van der Waals surface area contributed by atoms with Crippen LogP contribution < -0.4 is 15.4 Å². The Balaban J connectivity index is 1.84. The van der Waals surface area contributed by atoms with Crippen molar-refractivity contribution in [2.24, 2.45) is 4.99 Å². The zero-order chi connectivity index (χ0) is 14.2. The molecule has 0 fully saturated rings. The summed E-state index contributed by atoms with van der Waals surface area (Å²) < 4.78 is 10.9. The van der Waals surface area contributed by atoms with E-state index >= 15 is 0 Å². The summed E-state index contributed by atoms with van der Waals surface area (Å²) in [7, 11) is 1.69. The highest BCUT2D eigenvalue weighted by molar-refractivity contribution is 5.79. The third kappa shape index (κ3) is 4.13. The summed E-state index contributed by atoms with van der Waals surface area (Å²) in [4.78, 5) is 4.56. The van der Waals surface area contributed by atoms with Gasteiger partial charge in [-0.25, -0.2) is 4.99 Å². The Morgan fingerprint density at radius 1 is 1.40 bits per heavy atom. The highest BCUT2D eigenvalue weighted by Gasteiger charge is 2.21. The topological polar surface area (TPSA) is 54.9 Å². The van der Waals surface area contributed by atoms with Gasteiger partial charge in [0.15, 0.2) is 5.96 Å². The second kappa shape index (κ2) is 7.75. The first-order valence-electron chi connectivity index (χ1n) is 7.09. The first-order chi connectivity index (χ1) is 9.83.